The minimum atomic E-state index is -0.225. The molecule has 1 nitrogen and oxygen atoms in total. The molecule has 0 bridgehead atoms. The van der Waals surface area contributed by atoms with E-state index in [-0.39, 0.29) is 11.9 Å². The average Bonchev–Trinajstić information content (AvgIpc) is 2.40. The molecule has 1 unspecified atom stereocenters. The third-order valence-electron chi connectivity index (χ3n) is 4.83. The van der Waals surface area contributed by atoms with E-state index in [4.69, 9.17) is 5.73 Å². The smallest absolute Gasteiger partial charge is 0.137 e. The first-order valence-corrected chi connectivity index (χ1v) is 8.29. The van der Waals surface area contributed by atoms with Crippen LogP contribution in [0.3, 0.4) is 0 Å². The summed E-state index contributed by atoms with van der Waals surface area (Å²) in [6.45, 7) is 6.99. The van der Waals surface area contributed by atoms with Gasteiger partial charge in [-0.1, -0.05) is 26.8 Å². The van der Waals surface area contributed by atoms with E-state index in [9.17, 15) is 4.39 Å². The summed E-state index contributed by atoms with van der Waals surface area (Å²) in [6.07, 6.45) is 4.87. The van der Waals surface area contributed by atoms with Gasteiger partial charge < -0.3 is 5.73 Å². The van der Waals surface area contributed by atoms with Crippen molar-refractivity contribution >= 4 is 15.9 Å². The van der Waals surface area contributed by atoms with Crippen LogP contribution in [0.4, 0.5) is 4.39 Å². The molecule has 1 aromatic rings. The summed E-state index contributed by atoms with van der Waals surface area (Å²) < 4.78 is 13.8. The van der Waals surface area contributed by atoms with Gasteiger partial charge in [-0.25, -0.2) is 4.39 Å². The second kappa shape index (κ2) is 6.15. The van der Waals surface area contributed by atoms with Gasteiger partial charge in [0.1, 0.15) is 5.82 Å². The highest BCUT2D eigenvalue weighted by atomic mass is 79.9. The lowest BCUT2D eigenvalue weighted by molar-refractivity contribution is 0.139. The number of nitrogens with two attached hydrogens (primary N) is 1. The van der Waals surface area contributed by atoms with Crippen LogP contribution in [0.15, 0.2) is 22.7 Å². The van der Waals surface area contributed by atoms with E-state index in [1.807, 2.05) is 12.1 Å². The van der Waals surface area contributed by atoms with Crippen molar-refractivity contribution in [2.75, 3.05) is 0 Å². The number of hydrogen-bond donors (Lipinski definition) is 1. The van der Waals surface area contributed by atoms with Crippen LogP contribution in [0, 0.1) is 23.1 Å². The van der Waals surface area contributed by atoms with Gasteiger partial charge in [-0.3, -0.25) is 0 Å². The topological polar surface area (TPSA) is 26.0 Å². The van der Waals surface area contributed by atoms with Crippen LogP contribution in [0.1, 0.15) is 58.1 Å². The first-order chi connectivity index (χ1) is 9.29. The van der Waals surface area contributed by atoms with Crippen LogP contribution in [0.5, 0.6) is 0 Å². The average molecular weight is 342 g/mol. The highest BCUT2D eigenvalue weighted by Gasteiger charge is 2.32. The van der Waals surface area contributed by atoms with E-state index in [1.165, 1.54) is 31.7 Å². The Bertz CT molecular complexity index is 459. The lowest BCUT2D eigenvalue weighted by Crippen LogP contribution is -2.30. The van der Waals surface area contributed by atoms with E-state index >= 15 is 0 Å². The highest BCUT2D eigenvalue weighted by molar-refractivity contribution is 9.10. The van der Waals surface area contributed by atoms with Crippen molar-refractivity contribution in [2.45, 2.75) is 52.5 Å². The zero-order valence-electron chi connectivity index (χ0n) is 12.6. The van der Waals surface area contributed by atoms with Gasteiger partial charge in [0.05, 0.1) is 4.47 Å². The Balaban J connectivity index is 2.01. The molecule has 1 fully saturated rings. The maximum absolute atomic E-state index is 13.3. The van der Waals surface area contributed by atoms with Crippen molar-refractivity contribution in [1.29, 1.82) is 0 Å². The van der Waals surface area contributed by atoms with E-state index < -0.39 is 0 Å². The van der Waals surface area contributed by atoms with E-state index in [0.717, 1.165) is 11.5 Å². The van der Waals surface area contributed by atoms with Crippen LogP contribution in [-0.4, -0.2) is 0 Å². The zero-order chi connectivity index (χ0) is 14.9. The summed E-state index contributed by atoms with van der Waals surface area (Å²) in [6, 6.07) is 5.17. The molecule has 1 aliphatic carbocycles. The molecule has 1 aromatic carbocycles. The lowest BCUT2D eigenvalue weighted by Gasteiger charge is -2.38. The normalized spacial score (nSPS) is 25.5. The molecule has 2 rings (SSSR count). The Kier molecular flexibility index (Phi) is 4.91. The summed E-state index contributed by atoms with van der Waals surface area (Å²) in [5.41, 5.74) is 7.84. The van der Waals surface area contributed by atoms with Gasteiger partial charge in [0.15, 0.2) is 0 Å². The summed E-state index contributed by atoms with van der Waals surface area (Å²) in [4.78, 5) is 0. The van der Waals surface area contributed by atoms with Gasteiger partial charge in [0.25, 0.3) is 0 Å². The predicted molar refractivity (Wildman–Crippen MR) is 85.9 cm³/mol. The fourth-order valence-electron chi connectivity index (χ4n) is 3.34. The molecule has 0 aromatic heterocycles. The van der Waals surface area contributed by atoms with Crippen LogP contribution in [0.25, 0.3) is 0 Å². The quantitative estimate of drug-likeness (QED) is 0.761. The summed E-state index contributed by atoms with van der Waals surface area (Å²) in [5, 5.41) is 0. The summed E-state index contributed by atoms with van der Waals surface area (Å²) >= 11 is 3.24. The van der Waals surface area contributed by atoms with Gasteiger partial charge in [-0.05, 0) is 76.6 Å². The van der Waals surface area contributed by atoms with Crippen molar-refractivity contribution in [1.82, 2.24) is 0 Å². The van der Waals surface area contributed by atoms with Crippen molar-refractivity contribution in [2.24, 2.45) is 23.0 Å². The van der Waals surface area contributed by atoms with Crippen LogP contribution >= 0.6 is 15.9 Å². The molecule has 0 aliphatic heterocycles. The van der Waals surface area contributed by atoms with Gasteiger partial charge in [0, 0.05) is 6.04 Å². The molecule has 0 radical (unpaired) electrons. The van der Waals surface area contributed by atoms with Gasteiger partial charge in [0.2, 0.25) is 0 Å². The fourth-order valence-corrected chi connectivity index (χ4v) is 3.73. The fraction of sp³-hybridized carbons (Fsp3) is 0.647. The van der Waals surface area contributed by atoms with Gasteiger partial charge in [-0.15, -0.1) is 0 Å². The Morgan fingerprint density at radius 1 is 1.20 bits per heavy atom. The Morgan fingerprint density at radius 2 is 1.80 bits per heavy atom. The third-order valence-corrected chi connectivity index (χ3v) is 5.44. The molecule has 1 aliphatic rings. The molecule has 3 heteroatoms. The molecule has 1 atom stereocenters. The van der Waals surface area contributed by atoms with Gasteiger partial charge in [-0.2, -0.15) is 0 Å². The monoisotopic (exact) mass is 341 g/mol. The van der Waals surface area contributed by atoms with Gasteiger partial charge >= 0.3 is 0 Å². The molecular weight excluding hydrogens is 317 g/mol. The molecule has 2 N–H and O–H groups in total. The maximum Gasteiger partial charge on any atom is 0.137 e. The second-order valence-corrected chi connectivity index (χ2v) is 8.03. The van der Waals surface area contributed by atoms with Crippen LogP contribution < -0.4 is 5.73 Å². The summed E-state index contributed by atoms with van der Waals surface area (Å²) in [5.74, 6) is 1.09. The second-order valence-electron chi connectivity index (χ2n) is 7.18. The van der Waals surface area contributed by atoms with Crippen LogP contribution in [0.2, 0.25) is 0 Å². The molecule has 0 spiro atoms. The van der Waals surface area contributed by atoms with Crippen molar-refractivity contribution in [3.05, 3.63) is 34.1 Å². The first kappa shape index (κ1) is 16.0. The maximum atomic E-state index is 13.3. The highest BCUT2D eigenvalue weighted by Crippen LogP contribution is 2.43. The Morgan fingerprint density at radius 3 is 2.30 bits per heavy atom. The molecule has 20 heavy (non-hydrogen) atoms. The van der Waals surface area contributed by atoms with Crippen molar-refractivity contribution in [3.63, 3.8) is 0 Å². The first-order valence-electron chi connectivity index (χ1n) is 7.49. The minimum Gasteiger partial charge on any atom is -0.324 e. The molecule has 0 heterocycles. The molecule has 0 saturated heterocycles. The summed E-state index contributed by atoms with van der Waals surface area (Å²) in [7, 11) is 0. The minimum absolute atomic E-state index is 0.0211. The zero-order valence-corrected chi connectivity index (χ0v) is 14.2. The standard InChI is InChI=1S/C17H25BrFN/c1-17(2,3)13-7-4-11(5-8-13)16(20)12-6-9-15(19)14(18)10-12/h6,9-11,13,16H,4-5,7-8,20H2,1-3H3. The molecule has 1 saturated carbocycles. The third kappa shape index (κ3) is 3.62. The molecule has 112 valence electrons. The number of rotatable bonds is 2. The lowest BCUT2D eigenvalue weighted by atomic mass is 9.68. The SMILES string of the molecule is CC(C)(C)C1CCC(C(N)c2ccc(F)c(Br)c2)CC1. The predicted octanol–water partition coefficient (Wildman–Crippen LogP) is 5.44. The van der Waals surface area contributed by atoms with E-state index in [0.29, 0.717) is 15.8 Å². The van der Waals surface area contributed by atoms with Crippen LogP contribution in [-0.2, 0) is 0 Å². The number of benzene rings is 1. The molecule has 0 amide bonds. The largest absolute Gasteiger partial charge is 0.324 e. The Labute approximate surface area is 130 Å². The van der Waals surface area contributed by atoms with E-state index in [2.05, 4.69) is 36.7 Å². The molecular formula is C17H25BrFN. The number of halogens is 2. The van der Waals surface area contributed by atoms with E-state index in [1.54, 1.807) is 0 Å². The number of hydrogen-bond acceptors (Lipinski definition) is 1. The van der Waals surface area contributed by atoms with Crippen molar-refractivity contribution < 1.29 is 4.39 Å². The van der Waals surface area contributed by atoms with Crippen molar-refractivity contribution in [3.8, 4) is 0 Å². The Hall–Kier alpha value is -0.410.